The van der Waals surface area contributed by atoms with E-state index in [1.807, 2.05) is 18.2 Å². The predicted octanol–water partition coefficient (Wildman–Crippen LogP) is 4.14. The van der Waals surface area contributed by atoms with Gasteiger partial charge >= 0.3 is 0 Å². The molecule has 0 radical (unpaired) electrons. The van der Waals surface area contributed by atoms with E-state index in [1.54, 1.807) is 25.1 Å². The monoisotopic (exact) mass is 326 g/mol. The number of benzene rings is 2. The first-order chi connectivity index (χ1) is 10.0. The molecule has 2 aliphatic rings. The zero-order chi connectivity index (χ0) is 15.4. The summed E-state index contributed by atoms with van der Waals surface area (Å²) in [6, 6.07) is 11.3. The molecule has 2 N–H and O–H groups in total. The van der Waals surface area contributed by atoms with Crippen LogP contribution in [0.15, 0.2) is 36.4 Å². The second-order valence-corrected chi connectivity index (χ2v) is 5.59. The fourth-order valence-corrected chi connectivity index (χ4v) is 2.15. The third kappa shape index (κ3) is 4.11. The van der Waals surface area contributed by atoms with E-state index in [0.717, 1.165) is 5.75 Å². The zero-order valence-corrected chi connectivity index (χ0v) is 13.0. The van der Waals surface area contributed by atoms with Gasteiger partial charge in [0.2, 0.25) is 0 Å². The van der Waals surface area contributed by atoms with Crippen molar-refractivity contribution in [3.63, 3.8) is 0 Å². The molecule has 0 bridgehead atoms. The van der Waals surface area contributed by atoms with Crippen molar-refractivity contribution in [2.75, 3.05) is 6.61 Å². The van der Waals surface area contributed by atoms with Crippen molar-refractivity contribution in [2.24, 2.45) is 0 Å². The number of aliphatic hydroxyl groups excluding tert-OH is 2. The molecule has 1 atom stereocenters. The van der Waals surface area contributed by atoms with Crippen LogP contribution in [0.3, 0.4) is 0 Å². The normalized spacial score (nSPS) is 12.2. The molecular formula is C16H16Cl2O3. The van der Waals surface area contributed by atoms with Crippen molar-refractivity contribution in [1.29, 1.82) is 0 Å². The Hall–Kier alpha value is -1.26. The first-order valence-corrected chi connectivity index (χ1v) is 7.33. The molecule has 3 nitrogen and oxygen atoms in total. The summed E-state index contributed by atoms with van der Waals surface area (Å²) >= 11 is 11.8. The average molecular weight is 327 g/mol. The molecule has 2 aliphatic carbocycles. The van der Waals surface area contributed by atoms with Crippen molar-refractivity contribution in [3.05, 3.63) is 56.9 Å². The van der Waals surface area contributed by atoms with E-state index in [9.17, 15) is 0 Å². The van der Waals surface area contributed by atoms with Gasteiger partial charge in [-0.1, -0.05) is 35.3 Å². The topological polar surface area (TPSA) is 49.7 Å². The second-order valence-electron chi connectivity index (χ2n) is 4.75. The molecule has 5 heteroatoms. The lowest BCUT2D eigenvalue weighted by Crippen LogP contribution is -2.00. The molecule has 0 heterocycles. The molecule has 0 amide bonds. The van der Waals surface area contributed by atoms with Crippen molar-refractivity contribution in [1.82, 2.24) is 0 Å². The highest BCUT2D eigenvalue weighted by molar-refractivity contribution is 6.35. The van der Waals surface area contributed by atoms with Crippen molar-refractivity contribution in [2.45, 2.75) is 19.4 Å². The summed E-state index contributed by atoms with van der Waals surface area (Å²) in [6.45, 7) is 1.73. The van der Waals surface area contributed by atoms with Crippen LogP contribution in [0, 0.1) is 10.4 Å². The van der Waals surface area contributed by atoms with Gasteiger partial charge in [-0.05, 0) is 42.8 Å². The summed E-state index contributed by atoms with van der Waals surface area (Å²) in [6.07, 6.45) is 0.134. The Kier molecular flexibility index (Phi) is 5.48. The van der Waals surface area contributed by atoms with E-state index in [4.69, 9.17) is 38.2 Å². The number of aliphatic hydroxyl groups is 2. The van der Waals surface area contributed by atoms with E-state index in [0.29, 0.717) is 22.2 Å². The van der Waals surface area contributed by atoms with E-state index in [1.165, 1.54) is 10.4 Å². The Balaban J connectivity index is 0.000000232. The van der Waals surface area contributed by atoms with Gasteiger partial charge in [0.05, 0.1) is 11.1 Å². The molecule has 21 heavy (non-hydrogen) atoms. The van der Waals surface area contributed by atoms with Gasteiger partial charge in [-0.25, -0.2) is 0 Å². The Morgan fingerprint density at radius 3 is 2.24 bits per heavy atom. The zero-order valence-electron chi connectivity index (χ0n) is 11.5. The summed E-state index contributed by atoms with van der Waals surface area (Å²) < 4.78 is 5.63. The van der Waals surface area contributed by atoms with E-state index < -0.39 is 0 Å². The van der Waals surface area contributed by atoms with Gasteiger partial charge in [-0.15, -0.1) is 0 Å². The first-order valence-electron chi connectivity index (χ1n) is 6.57. The quantitative estimate of drug-likeness (QED) is 0.757. The van der Waals surface area contributed by atoms with Gasteiger partial charge in [0.25, 0.3) is 0 Å². The predicted molar refractivity (Wildman–Crippen MR) is 84.0 cm³/mol. The minimum absolute atomic E-state index is 0.0810. The van der Waals surface area contributed by atoms with Gasteiger partial charge in [0.1, 0.15) is 11.5 Å². The van der Waals surface area contributed by atoms with E-state index in [-0.39, 0.29) is 12.7 Å². The summed E-state index contributed by atoms with van der Waals surface area (Å²) in [5, 5.41) is 20.0. The summed E-state index contributed by atoms with van der Waals surface area (Å²) in [4.78, 5) is 0. The molecule has 0 spiro atoms. The maximum absolute atomic E-state index is 8.39. The summed E-state index contributed by atoms with van der Waals surface area (Å²) in [7, 11) is 0. The highest BCUT2D eigenvalue weighted by Gasteiger charge is 2.10. The van der Waals surface area contributed by atoms with Gasteiger partial charge < -0.3 is 14.9 Å². The number of hydrogen-bond acceptors (Lipinski definition) is 3. The molecule has 0 saturated carbocycles. The summed E-state index contributed by atoms with van der Waals surface area (Å²) in [5.41, 5.74) is 0. The van der Waals surface area contributed by atoms with Crippen molar-refractivity contribution >= 4 is 23.2 Å². The van der Waals surface area contributed by atoms with Crippen molar-refractivity contribution in [3.8, 4) is 11.5 Å². The fourth-order valence-electron chi connectivity index (χ4n) is 1.70. The first kappa shape index (κ1) is 16.1. The Bertz CT molecular complexity index is 714. The highest BCUT2D eigenvalue weighted by atomic mass is 35.5. The summed E-state index contributed by atoms with van der Waals surface area (Å²) in [5.74, 6) is 1.51. The standard InChI is InChI=1S/C12H6Cl2O.C4H10O2/c13-8-2-4-11(10(14)6-8)15-12-5-7-1-3-9(7)12;1-4(6)2-3-5/h1-6H;4-6H,2-3H2,1H3. The Morgan fingerprint density at radius 2 is 1.86 bits per heavy atom. The van der Waals surface area contributed by atoms with E-state index >= 15 is 0 Å². The lowest BCUT2D eigenvalue weighted by atomic mass is 10.1. The molecule has 112 valence electrons. The molecule has 0 fully saturated rings. The largest absolute Gasteiger partial charge is 0.455 e. The van der Waals surface area contributed by atoms with Gasteiger partial charge in [-0.2, -0.15) is 0 Å². The van der Waals surface area contributed by atoms with Crippen LogP contribution in [0.2, 0.25) is 10.0 Å². The second kappa shape index (κ2) is 7.14. The number of hydrogen-bond donors (Lipinski definition) is 2. The lowest BCUT2D eigenvalue weighted by molar-refractivity contribution is 0.148. The maximum atomic E-state index is 8.39. The smallest absolute Gasteiger partial charge is 0.146 e. The van der Waals surface area contributed by atoms with Crippen LogP contribution in [0.5, 0.6) is 11.5 Å². The van der Waals surface area contributed by atoms with E-state index in [2.05, 4.69) is 0 Å². The molecule has 3 rings (SSSR count). The Morgan fingerprint density at radius 1 is 1.10 bits per heavy atom. The molecular weight excluding hydrogens is 311 g/mol. The Labute approximate surface area is 133 Å². The molecule has 1 aromatic carbocycles. The van der Waals surface area contributed by atoms with Gasteiger partial charge in [-0.3, -0.25) is 0 Å². The average Bonchev–Trinajstić information content (AvgIpc) is 2.38. The minimum atomic E-state index is -0.352. The van der Waals surface area contributed by atoms with Crippen LogP contribution in [0.25, 0.3) is 0 Å². The van der Waals surface area contributed by atoms with Crippen LogP contribution in [-0.4, -0.2) is 22.9 Å². The van der Waals surface area contributed by atoms with Crippen molar-refractivity contribution < 1.29 is 14.9 Å². The highest BCUT2D eigenvalue weighted by Crippen LogP contribution is 2.34. The van der Waals surface area contributed by atoms with Crippen LogP contribution in [-0.2, 0) is 0 Å². The van der Waals surface area contributed by atoms with Gasteiger partial charge in [0.15, 0.2) is 0 Å². The molecule has 0 aliphatic heterocycles. The SMILES string of the molecule is CC(O)CCO.Clc1ccc(Oc2cc3ccc2=3)c(Cl)c1. The third-order valence-corrected chi connectivity index (χ3v) is 3.48. The maximum Gasteiger partial charge on any atom is 0.146 e. The van der Waals surface area contributed by atoms with Crippen LogP contribution < -0.4 is 4.74 Å². The number of halogens is 2. The third-order valence-electron chi connectivity index (χ3n) is 2.95. The molecule has 0 saturated heterocycles. The van der Waals surface area contributed by atoms with Crippen LogP contribution in [0.4, 0.5) is 0 Å². The molecule has 1 unspecified atom stereocenters. The number of rotatable bonds is 4. The van der Waals surface area contributed by atoms with Gasteiger partial charge in [0, 0.05) is 16.8 Å². The fraction of sp³-hybridized carbons (Fsp3) is 0.250. The molecule has 0 aromatic heterocycles. The van der Waals surface area contributed by atoms with Crippen LogP contribution in [0.1, 0.15) is 13.3 Å². The van der Waals surface area contributed by atoms with Crippen LogP contribution >= 0.6 is 23.2 Å². The number of ether oxygens (including phenoxy) is 1. The molecule has 1 aromatic rings. The lowest BCUT2D eigenvalue weighted by Gasteiger charge is -2.13. The minimum Gasteiger partial charge on any atom is -0.455 e.